The van der Waals surface area contributed by atoms with Crippen molar-refractivity contribution in [1.82, 2.24) is 0 Å². The summed E-state index contributed by atoms with van der Waals surface area (Å²) in [5.41, 5.74) is 8.05. The molecular weight excluding hydrogens is 440 g/mol. The summed E-state index contributed by atoms with van der Waals surface area (Å²) in [6, 6.07) is 30.3. The number of nitrogens with zero attached hydrogens (tertiary/aromatic N) is 2. The summed E-state index contributed by atoms with van der Waals surface area (Å²) in [5, 5.41) is 2.69. The highest BCUT2D eigenvalue weighted by Crippen LogP contribution is 2.46. The third kappa shape index (κ3) is 3.54. The summed E-state index contributed by atoms with van der Waals surface area (Å²) < 4.78 is 2.54. The smallest absolute Gasteiger partial charge is 0.266 e. The van der Waals surface area contributed by atoms with Crippen LogP contribution in [0.1, 0.15) is 18.4 Å². The predicted molar refractivity (Wildman–Crippen MR) is 141 cm³/mol. The van der Waals surface area contributed by atoms with E-state index in [0.717, 1.165) is 13.0 Å². The fraction of sp³-hybridized carbons (Fsp3) is 0.138. The van der Waals surface area contributed by atoms with Gasteiger partial charge in [0.2, 0.25) is 5.69 Å². The van der Waals surface area contributed by atoms with Crippen molar-refractivity contribution in [2.45, 2.75) is 24.8 Å². The maximum atomic E-state index is 2.54. The predicted octanol–water partition coefficient (Wildman–Crippen LogP) is 7.63. The van der Waals surface area contributed by atoms with Gasteiger partial charge in [-0.25, -0.2) is 0 Å². The van der Waals surface area contributed by atoms with Crippen LogP contribution in [-0.4, -0.2) is 7.05 Å². The molecule has 2 aliphatic heterocycles. The average molecular weight is 466 g/mol. The van der Waals surface area contributed by atoms with E-state index in [1.165, 1.54) is 53.5 Å². The third-order valence-electron chi connectivity index (χ3n) is 6.44. The van der Waals surface area contributed by atoms with Gasteiger partial charge in [-0.1, -0.05) is 83.8 Å². The Kier molecular flexibility index (Phi) is 5.20. The first kappa shape index (κ1) is 20.5. The number of hydrogen-bond acceptors (Lipinski definition) is 3. The van der Waals surface area contributed by atoms with E-state index in [0.29, 0.717) is 0 Å². The number of benzene rings is 3. The average Bonchev–Trinajstić information content (AvgIpc) is 3.52. The number of allylic oxidation sites excluding steroid dienone is 3. The molecule has 0 saturated heterocycles. The van der Waals surface area contributed by atoms with Crippen LogP contribution in [0.25, 0.3) is 27.3 Å². The number of para-hydroxylation sites is 1. The van der Waals surface area contributed by atoms with Crippen LogP contribution in [0, 0.1) is 0 Å². The van der Waals surface area contributed by atoms with Crippen molar-refractivity contribution in [1.29, 1.82) is 0 Å². The lowest BCUT2D eigenvalue weighted by Gasteiger charge is -2.13. The van der Waals surface area contributed by atoms with Crippen LogP contribution in [-0.2, 0) is 6.54 Å². The molecule has 0 radical (unpaired) electrons. The molecule has 0 atom stereocenters. The fourth-order valence-corrected chi connectivity index (χ4v) is 7.35. The molecule has 162 valence electrons. The number of rotatable bonds is 3. The minimum absolute atomic E-state index is 1.03. The van der Waals surface area contributed by atoms with E-state index < -0.39 is 0 Å². The van der Waals surface area contributed by atoms with Crippen molar-refractivity contribution in [2.24, 2.45) is 0 Å². The molecule has 0 unspecified atom stereocenters. The van der Waals surface area contributed by atoms with E-state index in [1.807, 2.05) is 23.1 Å². The van der Waals surface area contributed by atoms with E-state index >= 15 is 0 Å². The number of thioether (sulfide) groups is 1. The topological polar surface area (TPSA) is 7.12 Å². The Bertz CT molecular complexity index is 1400. The Balaban J connectivity index is 1.47. The summed E-state index contributed by atoms with van der Waals surface area (Å²) >= 11 is 3.80. The molecule has 2 nitrogen and oxygen atoms in total. The van der Waals surface area contributed by atoms with Crippen LogP contribution < -0.4 is 9.47 Å². The number of thiazole rings is 1. The molecule has 3 heterocycles. The number of fused-ring (bicyclic) bond motifs is 2. The molecule has 6 rings (SSSR count). The maximum absolute atomic E-state index is 2.54. The Morgan fingerprint density at radius 1 is 0.879 bits per heavy atom. The van der Waals surface area contributed by atoms with Gasteiger partial charge in [0.25, 0.3) is 5.01 Å². The van der Waals surface area contributed by atoms with Gasteiger partial charge in [0.15, 0.2) is 6.54 Å². The Morgan fingerprint density at radius 2 is 1.55 bits per heavy atom. The molecule has 3 aromatic carbocycles. The number of aromatic nitrogens is 1. The van der Waals surface area contributed by atoms with Gasteiger partial charge in [0.05, 0.1) is 10.7 Å². The first-order chi connectivity index (χ1) is 16.2. The summed E-state index contributed by atoms with van der Waals surface area (Å²) in [6.45, 7) is 3.31. The van der Waals surface area contributed by atoms with Gasteiger partial charge in [0.1, 0.15) is 4.88 Å². The van der Waals surface area contributed by atoms with Gasteiger partial charge < -0.3 is 4.90 Å². The second kappa shape index (κ2) is 8.36. The highest BCUT2D eigenvalue weighted by atomic mass is 32.2. The van der Waals surface area contributed by atoms with Crippen LogP contribution in [0.5, 0.6) is 0 Å². The van der Waals surface area contributed by atoms with Crippen LogP contribution >= 0.6 is 23.1 Å². The van der Waals surface area contributed by atoms with Gasteiger partial charge in [-0.3, -0.25) is 0 Å². The van der Waals surface area contributed by atoms with Gasteiger partial charge in [-0.2, -0.15) is 4.57 Å². The van der Waals surface area contributed by atoms with Crippen LogP contribution in [0.2, 0.25) is 0 Å². The largest absolute Gasteiger partial charge is 0.338 e. The zero-order chi connectivity index (χ0) is 22.4. The molecule has 0 fully saturated rings. The number of anilines is 1. The van der Waals surface area contributed by atoms with Crippen molar-refractivity contribution >= 4 is 34.4 Å². The lowest BCUT2D eigenvalue weighted by atomic mass is 10.1. The molecule has 0 aliphatic carbocycles. The normalized spacial score (nSPS) is 17.4. The SMILES string of the molecule is CC(C=C1Sc2ccccc2N1C)=C1CC[n+]2c1sc(-c1ccccc1)c2-c1ccccc1. The van der Waals surface area contributed by atoms with Crippen molar-refractivity contribution < 1.29 is 4.57 Å². The molecule has 0 amide bonds. The molecule has 33 heavy (non-hydrogen) atoms. The van der Waals surface area contributed by atoms with Gasteiger partial charge in [-0.05, 0) is 48.4 Å². The Morgan fingerprint density at radius 3 is 2.27 bits per heavy atom. The van der Waals surface area contributed by atoms with Crippen molar-refractivity contribution in [3.05, 3.63) is 107 Å². The van der Waals surface area contributed by atoms with Gasteiger partial charge in [-0.15, -0.1) is 0 Å². The maximum Gasteiger partial charge on any atom is 0.266 e. The zero-order valence-corrected chi connectivity index (χ0v) is 20.4. The Hall–Kier alpha value is -3.08. The van der Waals surface area contributed by atoms with Crippen molar-refractivity contribution in [2.75, 3.05) is 11.9 Å². The lowest BCUT2D eigenvalue weighted by Crippen LogP contribution is -2.32. The molecule has 1 aromatic heterocycles. The van der Waals surface area contributed by atoms with Crippen molar-refractivity contribution in [3.63, 3.8) is 0 Å². The third-order valence-corrected chi connectivity index (χ3v) is 8.90. The molecule has 0 N–H and O–H groups in total. The molecule has 0 spiro atoms. The van der Waals surface area contributed by atoms with Crippen molar-refractivity contribution in [3.8, 4) is 21.7 Å². The molecule has 0 saturated carbocycles. The summed E-state index contributed by atoms with van der Waals surface area (Å²) in [6.07, 6.45) is 3.46. The van der Waals surface area contributed by atoms with Crippen LogP contribution in [0.4, 0.5) is 5.69 Å². The first-order valence-corrected chi connectivity index (χ1v) is 12.9. The monoisotopic (exact) mass is 465 g/mol. The van der Waals surface area contributed by atoms with E-state index in [1.54, 1.807) is 0 Å². The van der Waals surface area contributed by atoms with Gasteiger partial charge in [0, 0.05) is 29.5 Å². The van der Waals surface area contributed by atoms with Crippen LogP contribution in [0.15, 0.2) is 107 Å². The number of hydrogen-bond donors (Lipinski definition) is 0. The van der Waals surface area contributed by atoms with E-state index in [2.05, 4.69) is 114 Å². The minimum atomic E-state index is 1.03. The quantitative estimate of drug-likeness (QED) is 0.287. The molecule has 4 heteroatoms. The minimum Gasteiger partial charge on any atom is -0.338 e. The van der Waals surface area contributed by atoms with E-state index in [9.17, 15) is 0 Å². The highest BCUT2D eigenvalue weighted by molar-refractivity contribution is 8.03. The second-order valence-electron chi connectivity index (χ2n) is 8.49. The standard InChI is InChI=1S/C29H25N2S2/c1-20(19-26-30(2)24-15-9-10-16-25(24)32-26)23-17-18-31-27(21-11-5-3-6-12-21)28(33-29(23)31)22-13-7-4-8-14-22/h3-16,19H,17-18H2,1-2H3/q+1. The first-order valence-electron chi connectivity index (χ1n) is 11.3. The summed E-state index contributed by atoms with van der Waals surface area (Å²) in [5.74, 6) is 0. The van der Waals surface area contributed by atoms with E-state index in [4.69, 9.17) is 0 Å². The highest BCUT2D eigenvalue weighted by Gasteiger charge is 2.36. The summed E-state index contributed by atoms with van der Waals surface area (Å²) in [7, 11) is 2.17. The lowest BCUT2D eigenvalue weighted by molar-refractivity contribution is -0.673. The van der Waals surface area contributed by atoms with Crippen LogP contribution in [0.3, 0.4) is 0 Å². The Labute approximate surface area is 203 Å². The van der Waals surface area contributed by atoms with Gasteiger partial charge >= 0.3 is 0 Å². The second-order valence-corrected chi connectivity index (χ2v) is 10.6. The molecular formula is C29H25N2S2+. The fourth-order valence-electron chi connectivity index (χ4n) is 4.75. The summed E-state index contributed by atoms with van der Waals surface area (Å²) in [4.78, 5) is 5.00. The molecule has 0 bridgehead atoms. The molecule has 2 aliphatic rings. The van der Waals surface area contributed by atoms with E-state index in [-0.39, 0.29) is 0 Å². The zero-order valence-electron chi connectivity index (χ0n) is 18.8. The molecule has 4 aromatic rings.